The second-order valence-corrected chi connectivity index (χ2v) is 7.17. The Morgan fingerprint density at radius 1 is 1.35 bits per heavy atom. The quantitative estimate of drug-likeness (QED) is 0.850. The molecule has 128 valence electrons. The van der Waals surface area contributed by atoms with E-state index in [0.29, 0.717) is 0 Å². The summed E-state index contributed by atoms with van der Waals surface area (Å²) in [5, 5.41) is 2.15. The van der Waals surface area contributed by atoms with Crippen molar-refractivity contribution in [3.05, 3.63) is 30.1 Å². The molecule has 23 heavy (non-hydrogen) atoms. The van der Waals surface area contributed by atoms with Crippen molar-refractivity contribution in [1.29, 1.82) is 0 Å². The van der Waals surface area contributed by atoms with Crippen LogP contribution in [0.1, 0.15) is 26.2 Å². The number of alkyl halides is 2. The summed E-state index contributed by atoms with van der Waals surface area (Å²) in [5.41, 5.74) is 0. The molecule has 1 amide bonds. The standard InChI is InChI=1S/C14H17F3N2O3S/c1-9(13(20)18-12-7-4-8-14(12,16)17)19-23(21,22)11-6-3-2-5-10(11)15/h2-3,5-6,9,12,19H,4,7-8H2,1H3,(H,18,20)/t9-,12?/m0/s1. The molecule has 0 bridgehead atoms. The third kappa shape index (κ3) is 4.03. The van der Waals surface area contributed by atoms with Gasteiger partial charge in [-0.1, -0.05) is 12.1 Å². The lowest BCUT2D eigenvalue weighted by Crippen LogP contribution is -2.51. The third-order valence-electron chi connectivity index (χ3n) is 3.68. The number of carbonyl (C=O) groups is 1. The monoisotopic (exact) mass is 350 g/mol. The van der Waals surface area contributed by atoms with Crippen molar-refractivity contribution in [2.75, 3.05) is 0 Å². The number of halogens is 3. The molecule has 2 N–H and O–H groups in total. The number of benzene rings is 1. The van der Waals surface area contributed by atoms with E-state index in [1.54, 1.807) is 0 Å². The first-order valence-corrected chi connectivity index (χ1v) is 8.57. The molecule has 0 heterocycles. The Kier molecular flexibility index (Phi) is 5.00. The van der Waals surface area contributed by atoms with E-state index in [4.69, 9.17) is 0 Å². The Morgan fingerprint density at radius 2 is 2.00 bits per heavy atom. The lowest BCUT2D eigenvalue weighted by atomic mass is 10.2. The minimum atomic E-state index is -4.27. The van der Waals surface area contributed by atoms with Crippen molar-refractivity contribution in [1.82, 2.24) is 10.0 Å². The van der Waals surface area contributed by atoms with Crippen molar-refractivity contribution < 1.29 is 26.4 Å². The summed E-state index contributed by atoms with van der Waals surface area (Å²) in [6, 6.07) is 2.06. The lowest BCUT2D eigenvalue weighted by Gasteiger charge is -2.22. The van der Waals surface area contributed by atoms with Gasteiger partial charge >= 0.3 is 0 Å². The summed E-state index contributed by atoms with van der Waals surface area (Å²) in [6.07, 6.45) is 0.103. The summed E-state index contributed by atoms with van der Waals surface area (Å²) in [7, 11) is -4.27. The molecule has 0 aliphatic heterocycles. The number of sulfonamides is 1. The molecular formula is C14H17F3N2O3S. The van der Waals surface area contributed by atoms with Gasteiger partial charge in [0.25, 0.3) is 5.92 Å². The molecule has 1 saturated carbocycles. The molecule has 0 radical (unpaired) electrons. The van der Waals surface area contributed by atoms with Crippen LogP contribution in [-0.4, -0.2) is 32.3 Å². The Morgan fingerprint density at radius 3 is 2.57 bits per heavy atom. The molecule has 1 aliphatic carbocycles. The van der Waals surface area contributed by atoms with Crippen molar-refractivity contribution in [3.8, 4) is 0 Å². The highest BCUT2D eigenvalue weighted by Gasteiger charge is 2.45. The fourth-order valence-electron chi connectivity index (χ4n) is 2.41. The molecular weight excluding hydrogens is 333 g/mol. The molecule has 1 aromatic carbocycles. The fraction of sp³-hybridized carbons (Fsp3) is 0.500. The van der Waals surface area contributed by atoms with E-state index >= 15 is 0 Å². The predicted octanol–water partition coefficient (Wildman–Crippen LogP) is 1.80. The average Bonchev–Trinajstić information content (AvgIpc) is 2.77. The molecule has 5 nitrogen and oxygen atoms in total. The maximum atomic E-state index is 13.5. The molecule has 0 spiro atoms. The lowest BCUT2D eigenvalue weighted by molar-refractivity contribution is -0.126. The predicted molar refractivity (Wildman–Crippen MR) is 76.9 cm³/mol. The fourth-order valence-corrected chi connectivity index (χ4v) is 3.70. The zero-order valence-corrected chi connectivity index (χ0v) is 13.2. The van der Waals surface area contributed by atoms with Gasteiger partial charge in [0.1, 0.15) is 10.7 Å². The number of hydrogen-bond donors (Lipinski definition) is 2. The number of rotatable bonds is 5. The first kappa shape index (κ1) is 17.7. The van der Waals surface area contributed by atoms with Gasteiger partial charge in [-0.2, -0.15) is 4.72 Å². The highest BCUT2D eigenvalue weighted by Crippen LogP contribution is 2.35. The van der Waals surface area contributed by atoms with E-state index in [0.717, 1.165) is 12.1 Å². The summed E-state index contributed by atoms with van der Waals surface area (Å²) >= 11 is 0. The van der Waals surface area contributed by atoms with E-state index in [1.165, 1.54) is 19.1 Å². The Hall–Kier alpha value is -1.61. The summed E-state index contributed by atoms with van der Waals surface area (Å²) in [5.74, 6) is -4.84. The van der Waals surface area contributed by atoms with E-state index in [2.05, 4.69) is 5.32 Å². The highest BCUT2D eigenvalue weighted by atomic mass is 32.2. The van der Waals surface area contributed by atoms with Gasteiger partial charge in [-0.3, -0.25) is 4.79 Å². The second kappa shape index (κ2) is 6.48. The van der Waals surface area contributed by atoms with Gasteiger partial charge in [-0.25, -0.2) is 21.6 Å². The van der Waals surface area contributed by atoms with Crippen LogP contribution >= 0.6 is 0 Å². The average molecular weight is 350 g/mol. The maximum absolute atomic E-state index is 13.5. The second-order valence-electron chi connectivity index (χ2n) is 5.49. The van der Waals surface area contributed by atoms with Crippen LogP contribution in [0.2, 0.25) is 0 Å². The van der Waals surface area contributed by atoms with Gasteiger partial charge in [-0.05, 0) is 31.9 Å². The zero-order valence-electron chi connectivity index (χ0n) is 12.4. The van der Waals surface area contributed by atoms with Crippen LogP contribution in [-0.2, 0) is 14.8 Å². The Bertz CT molecular complexity index is 694. The molecule has 1 unspecified atom stereocenters. The van der Waals surface area contributed by atoms with Crippen molar-refractivity contribution in [2.45, 2.75) is 49.1 Å². The van der Waals surface area contributed by atoms with Gasteiger partial charge in [0.2, 0.25) is 15.9 Å². The number of amides is 1. The number of hydrogen-bond acceptors (Lipinski definition) is 3. The Balaban J connectivity index is 2.05. The molecule has 1 aliphatic rings. The Labute approximate surface area is 132 Å². The van der Waals surface area contributed by atoms with E-state index < -0.39 is 44.6 Å². The minimum absolute atomic E-state index is 0.130. The number of nitrogens with one attached hydrogen (secondary N) is 2. The van der Waals surface area contributed by atoms with Gasteiger partial charge in [0.15, 0.2) is 0 Å². The smallest absolute Gasteiger partial charge is 0.267 e. The summed E-state index contributed by atoms with van der Waals surface area (Å²) < 4.78 is 66.6. The first-order valence-electron chi connectivity index (χ1n) is 7.08. The SMILES string of the molecule is C[C@H](NS(=O)(=O)c1ccccc1F)C(=O)NC1CCCC1(F)F. The molecule has 1 aromatic rings. The van der Waals surface area contributed by atoms with Crippen molar-refractivity contribution in [2.24, 2.45) is 0 Å². The van der Waals surface area contributed by atoms with Crippen LogP contribution in [0.3, 0.4) is 0 Å². The zero-order chi connectivity index (χ0) is 17.3. The van der Waals surface area contributed by atoms with Gasteiger partial charge in [0.05, 0.1) is 12.1 Å². The largest absolute Gasteiger partial charge is 0.346 e. The van der Waals surface area contributed by atoms with Gasteiger partial charge in [-0.15, -0.1) is 0 Å². The summed E-state index contributed by atoms with van der Waals surface area (Å²) in [6.45, 7) is 1.21. The highest BCUT2D eigenvalue weighted by molar-refractivity contribution is 7.89. The van der Waals surface area contributed by atoms with Crippen LogP contribution in [0.5, 0.6) is 0 Å². The summed E-state index contributed by atoms with van der Waals surface area (Å²) in [4.78, 5) is 11.3. The number of carbonyl (C=O) groups excluding carboxylic acids is 1. The molecule has 1 fully saturated rings. The minimum Gasteiger partial charge on any atom is -0.346 e. The van der Waals surface area contributed by atoms with Crippen LogP contribution in [0, 0.1) is 5.82 Å². The van der Waals surface area contributed by atoms with E-state index in [1.807, 2.05) is 4.72 Å². The van der Waals surface area contributed by atoms with Gasteiger partial charge in [0, 0.05) is 6.42 Å². The van der Waals surface area contributed by atoms with E-state index in [9.17, 15) is 26.4 Å². The van der Waals surface area contributed by atoms with Crippen molar-refractivity contribution in [3.63, 3.8) is 0 Å². The van der Waals surface area contributed by atoms with Crippen LogP contribution in [0.25, 0.3) is 0 Å². The molecule has 9 heteroatoms. The van der Waals surface area contributed by atoms with Crippen LogP contribution in [0.15, 0.2) is 29.2 Å². The molecule has 0 saturated heterocycles. The van der Waals surface area contributed by atoms with E-state index in [-0.39, 0.29) is 19.3 Å². The molecule has 2 rings (SSSR count). The third-order valence-corrected chi connectivity index (χ3v) is 5.25. The normalized spacial score (nSPS) is 21.8. The van der Waals surface area contributed by atoms with Crippen LogP contribution < -0.4 is 10.0 Å². The van der Waals surface area contributed by atoms with Gasteiger partial charge < -0.3 is 5.32 Å². The topological polar surface area (TPSA) is 75.3 Å². The van der Waals surface area contributed by atoms with Crippen molar-refractivity contribution >= 4 is 15.9 Å². The maximum Gasteiger partial charge on any atom is 0.267 e. The van der Waals surface area contributed by atoms with Crippen LogP contribution in [0.4, 0.5) is 13.2 Å². The molecule has 0 aromatic heterocycles. The molecule has 2 atom stereocenters. The first-order chi connectivity index (χ1) is 10.6.